The predicted octanol–water partition coefficient (Wildman–Crippen LogP) is 4.24. The molecule has 4 atom stereocenters. The molecule has 0 saturated carbocycles. The molecule has 3 aromatic carbocycles. The van der Waals surface area contributed by atoms with Gasteiger partial charge in [0.2, 0.25) is 11.8 Å². The van der Waals surface area contributed by atoms with E-state index < -0.39 is 41.6 Å². The first-order chi connectivity index (χ1) is 17.9. The summed E-state index contributed by atoms with van der Waals surface area (Å²) in [7, 11) is 2.99. The van der Waals surface area contributed by atoms with Crippen LogP contribution in [0.4, 0.5) is 10.1 Å². The van der Waals surface area contributed by atoms with Crippen molar-refractivity contribution >= 4 is 29.4 Å². The molecule has 3 aliphatic rings. The van der Waals surface area contributed by atoms with Crippen molar-refractivity contribution < 1.29 is 28.2 Å². The van der Waals surface area contributed by atoms with Gasteiger partial charge in [-0.3, -0.25) is 14.4 Å². The van der Waals surface area contributed by atoms with E-state index in [1.807, 2.05) is 35.2 Å². The summed E-state index contributed by atoms with van der Waals surface area (Å²) in [4.78, 5) is 44.7. The van der Waals surface area contributed by atoms with Crippen molar-refractivity contribution in [1.29, 1.82) is 0 Å². The third-order valence-electron chi connectivity index (χ3n) is 7.48. The van der Waals surface area contributed by atoms with Gasteiger partial charge in [0.25, 0.3) is 0 Å². The van der Waals surface area contributed by atoms with E-state index in [0.29, 0.717) is 17.1 Å². The standard InChI is InChI=1S/C29H23FN2O5/c1-36-21-12-7-17(15-22(21)37-2)27(33)26-24-23(25-20-6-4-3-5-16(20)13-14-31(25)26)28(34)32(29(24)35)19-10-8-18(30)9-11-19/h3-15,23-26H,1-2H3/t23-,24-,25-,26+/m1/s1. The molecule has 2 amide bonds. The van der Waals surface area contributed by atoms with Crippen LogP contribution in [0, 0.1) is 17.7 Å². The number of nitrogens with zero attached hydrogens (tertiary/aromatic N) is 2. The fourth-order valence-electron chi connectivity index (χ4n) is 5.86. The number of Topliss-reactive ketones (excluding diaryl/α,β-unsaturated/α-hetero) is 1. The number of ketones is 1. The molecule has 3 aliphatic heterocycles. The van der Waals surface area contributed by atoms with Crippen LogP contribution in [0.15, 0.2) is 72.9 Å². The van der Waals surface area contributed by atoms with Crippen LogP contribution in [0.3, 0.4) is 0 Å². The van der Waals surface area contributed by atoms with Gasteiger partial charge >= 0.3 is 0 Å². The number of hydrogen-bond acceptors (Lipinski definition) is 6. The quantitative estimate of drug-likeness (QED) is 0.387. The minimum absolute atomic E-state index is 0.286. The van der Waals surface area contributed by atoms with Crippen molar-refractivity contribution in [3.05, 3.63) is 95.4 Å². The molecule has 6 rings (SSSR count). The van der Waals surface area contributed by atoms with Crippen molar-refractivity contribution in [1.82, 2.24) is 4.90 Å². The van der Waals surface area contributed by atoms with Crippen molar-refractivity contribution in [2.75, 3.05) is 19.1 Å². The highest BCUT2D eigenvalue weighted by atomic mass is 19.1. The Morgan fingerprint density at radius 1 is 0.865 bits per heavy atom. The van der Waals surface area contributed by atoms with E-state index in [2.05, 4.69) is 0 Å². The molecular formula is C29H23FN2O5. The Kier molecular flexibility index (Phi) is 5.33. The monoisotopic (exact) mass is 498 g/mol. The second kappa shape index (κ2) is 8.58. The van der Waals surface area contributed by atoms with Gasteiger partial charge < -0.3 is 14.4 Å². The van der Waals surface area contributed by atoms with Crippen LogP contribution in [0.25, 0.3) is 6.08 Å². The van der Waals surface area contributed by atoms with Gasteiger partial charge in [0.1, 0.15) is 11.9 Å². The maximum Gasteiger partial charge on any atom is 0.240 e. The second-order valence-corrected chi connectivity index (χ2v) is 9.26. The number of halogens is 1. The minimum atomic E-state index is -0.918. The molecule has 7 nitrogen and oxygen atoms in total. The van der Waals surface area contributed by atoms with E-state index in [1.54, 1.807) is 24.4 Å². The number of methoxy groups -OCH3 is 2. The smallest absolute Gasteiger partial charge is 0.240 e. The highest BCUT2D eigenvalue weighted by Crippen LogP contribution is 2.53. The van der Waals surface area contributed by atoms with Gasteiger partial charge in [0, 0.05) is 11.8 Å². The third-order valence-corrected chi connectivity index (χ3v) is 7.48. The molecular weight excluding hydrogens is 475 g/mol. The highest BCUT2D eigenvalue weighted by molar-refractivity contribution is 6.24. The van der Waals surface area contributed by atoms with Crippen LogP contribution in [0.1, 0.15) is 27.5 Å². The minimum Gasteiger partial charge on any atom is -0.493 e. The fourth-order valence-corrected chi connectivity index (χ4v) is 5.86. The van der Waals surface area contributed by atoms with E-state index >= 15 is 0 Å². The maximum atomic E-state index is 14.1. The molecule has 0 spiro atoms. The number of anilines is 1. The molecule has 8 heteroatoms. The van der Waals surface area contributed by atoms with Crippen molar-refractivity contribution in [2.45, 2.75) is 12.1 Å². The molecule has 186 valence electrons. The zero-order valence-electron chi connectivity index (χ0n) is 20.1. The number of rotatable bonds is 5. The molecule has 0 N–H and O–H groups in total. The third kappa shape index (κ3) is 3.36. The van der Waals surface area contributed by atoms with Gasteiger partial charge in [-0.1, -0.05) is 24.3 Å². The molecule has 0 radical (unpaired) electrons. The SMILES string of the molecule is COc1ccc(C(=O)[C@@H]2[C@@H]3C(=O)N(c4ccc(F)cc4)C(=O)[C@H]3[C@H]3c4ccccc4C=CN23)cc1OC. The van der Waals surface area contributed by atoms with Crippen LogP contribution >= 0.6 is 0 Å². The lowest BCUT2D eigenvalue weighted by Crippen LogP contribution is -2.44. The Balaban J connectivity index is 1.48. The molecule has 0 aliphatic carbocycles. The Bertz CT molecular complexity index is 1470. The topological polar surface area (TPSA) is 76.2 Å². The molecule has 0 aromatic heterocycles. The van der Waals surface area contributed by atoms with Crippen molar-refractivity contribution in [3.63, 3.8) is 0 Å². The molecule has 3 heterocycles. The van der Waals surface area contributed by atoms with E-state index in [4.69, 9.17) is 9.47 Å². The number of hydrogen-bond donors (Lipinski definition) is 0. The largest absolute Gasteiger partial charge is 0.493 e. The number of benzene rings is 3. The maximum absolute atomic E-state index is 14.1. The summed E-state index contributed by atoms with van der Waals surface area (Å²) in [6.07, 6.45) is 3.70. The zero-order chi connectivity index (χ0) is 25.8. The fraction of sp³-hybridized carbons (Fsp3) is 0.207. The number of ether oxygens (including phenoxy) is 2. The van der Waals surface area contributed by atoms with Crippen LogP contribution in [-0.4, -0.2) is 42.8 Å². The van der Waals surface area contributed by atoms with E-state index in [-0.39, 0.29) is 11.5 Å². The average molecular weight is 499 g/mol. The van der Waals surface area contributed by atoms with Gasteiger partial charge in [-0.2, -0.15) is 0 Å². The van der Waals surface area contributed by atoms with Crippen LogP contribution < -0.4 is 14.4 Å². The van der Waals surface area contributed by atoms with Gasteiger partial charge in [0.05, 0.1) is 37.8 Å². The summed E-state index contributed by atoms with van der Waals surface area (Å²) < 4.78 is 24.3. The van der Waals surface area contributed by atoms with Gasteiger partial charge in [-0.25, -0.2) is 9.29 Å². The summed E-state index contributed by atoms with van der Waals surface area (Å²) in [5.41, 5.74) is 2.44. The number of imide groups is 1. The first kappa shape index (κ1) is 23.0. The molecule has 37 heavy (non-hydrogen) atoms. The number of fused-ring (bicyclic) bond motifs is 5. The normalized spacial score (nSPS) is 23.5. The zero-order valence-corrected chi connectivity index (χ0v) is 20.1. The van der Waals surface area contributed by atoms with Gasteiger partial charge in [-0.05, 0) is 59.7 Å². The van der Waals surface area contributed by atoms with E-state index in [1.165, 1.54) is 38.5 Å². The van der Waals surface area contributed by atoms with E-state index in [0.717, 1.165) is 16.0 Å². The molecule has 0 bridgehead atoms. The lowest BCUT2D eigenvalue weighted by molar-refractivity contribution is -0.123. The summed E-state index contributed by atoms with van der Waals surface area (Å²) in [5.74, 6) is -2.48. The van der Waals surface area contributed by atoms with Crippen molar-refractivity contribution in [2.24, 2.45) is 11.8 Å². The molecule has 2 saturated heterocycles. The molecule has 2 fully saturated rings. The van der Waals surface area contributed by atoms with Crippen LogP contribution in [0.2, 0.25) is 0 Å². The van der Waals surface area contributed by atoms with Crippen LogP contribution in [0.5, 0.6) is 11.5 Å². The highest BCUT2D eigenvalue weighted by Gasteiger charge is 2.64. The Morgan fingerprint density at radius 3 is 2.30 bits per heavy atom. The van der Waals surface area contributed by atoms with E-state index in [9.17, 15) is 18.8 Å². The van der Waals surface area contributed by atoms with Gasteiger partial charge in [-0.15, -0.1) is 0 Å². The lowest BCUT2D eigenvalue weighted by Gasteiger charge is -2.35. The summed E-state index contributed by atoms with van der Waals surface area (Å²) >= 11 is 0. The summed E-state index contributed by atoms with van der Waals surface area (Å²) in [5, 5.41) is 0. The average Bonchev–Trinajstić information content (AvgIpc) is 3.40. The van der Waals surface area contributed by atoms with Gasteiger partial charge in [0.15, 0.2) is 17.3 Å². The second-order valence-electron chi connectivity index (χ2n) is 9.26. The number of amides is 2. The molecule has 0 unspecified atom stereocenters. The Morgan fingerprint density at radius 2 is 1.57 bits per heavy atom. The Labute approximate surface area is 212 Å². The van der Waals surface area contributed by atoms with Crippen LogP contribution in [-0.2, 0) is 9.59 Å². The summed E-state index contributed by atoms with van der Waals surface area (Å²) in [6, 6.07) is 16.3. The first-order valence-corrected chi connectivity index (χ1v) is 11.9. The number of carbonyl (C=O) groups is 3. The van der Waals surface area contributed by atoms with Crippen molar-refractivity contribution in [3.8, 4) is 11.5 Å². The lowest BCUT2D eigenvalue weighted by atomic mass is 9.83. The first-order valence-electron chi connectivity index (χ1n) is 11.9. The molecule has 3 aromatic rings. The Hall–Kier alpha value is -4.46. The predicted molar refractivity (Wildman–Crippen MR) is 134 cm³/mol. The summed E-state index contributed by atoms with van der Waals surface area (Å²) in [6.45, 7) is 0. The number of carbonyl (C=O) groups excluding carboxylic acids is 3.